The van der Waals surface area contributed by atoms with E-state index in [4.69, 9.17) is 17.4 Å². The molecule has 0 spiro atoms. The van der Waals surface area contributed by atoms with E-state index >= 15 is 0 Å². The quantitative estimate of drug-likeness (QED) is 0.403. The lowest BCUT2D eigenvalue weighted by atomic mass is 10.3. The number of likely N-dealkylation sites (N-methyl/N-ethyl adjacent to an activating group) is 1. The summed E-state index contributed by atoms with van der Waals surface area (Å²) in [6, 6.07) is 3.09. The van der Waals surface area contributed by atoms with Gasteiger partial charge in [0.05, 0.1) is 27.8 Å². The number of hydrogen-bond acceptors (Lipinski definition) is 8. The molecular formula is C18H19BrClFN10. The Balaban J connectivity index is 1.48. The van der Waals surface area contributed by atoms with Crippen LogP contribution in [0.3, 0.4) is 0 Å². The molecule has 5 rings (SSSR count). The van der Waals surface area contributed by atoms with Crippen molar-refractivity contribution in [3.8, 4) is 0 Å². The van der Waals surface area contributed by atoms with E-state index < -0.39 is 5.82 Å². The zero-order valence-corrected chi connectivity index (χ0v) is 18.9. The minimum Gasteiger partial charge on any atom is -0.347 e. The Hall–Kier alpha value is -2.70. The molecular weight excluding hydrogens is 491 g/mol. The number of halogens is 3. The summed E-state index contributed by atoms with van der Waals surface area (Å²) < 4.78 is 18.0. The van der Waals surface area contributed by atoms with E-state index in [1.165, 1.54) is 10.7 Å². The van der Waals surface area contributed by atoms with Crippen LogP contribution in [0.4, 0.5) is 16.3 Å². The predicted octanol–water partition coefficient (Wildman–Crippen LogP) is 2.11. The second-order valence-electron chi connectivity index (χ2n) is 7.35. The fourth-order valence-corrected chi connectivity index (χ4v) is 4.04. The highest BCUT2D eigenvalue weighted by atomic mass is 79.9. The third-order valence-corrected chi connectivity index (χ3v) is 6.18. The molecule has 0 amide bonds. The average Bonchev–Trinajstić information content (AvgIpc) is 3.30. The molecule has 1 aliphatic rings. The molecule has 10 nitrogen and oxygen atoms in total. The average molecular weight is 510 g/mol. The van der Waals surface area contributed by atoms with Gasteiger partial charge in [-0.3, -0.25) is 0 Å². The number of piperazine rings is 1. The molecule has 0 aliphatic carbocycles. The molecule has 3 N–H and O–H groups in total. The highest BCUT2D eigenvalue weighted by molar-refractivity contribution is 9.10. The smallest absolute Gasteiger partial charge is 0.230 e. The van der Waals surface area contributed by atoms with E-state index in [0.29, 0.717) is 28.9 Å². The van der Waals surface area contributed by atoms with Crippen molar-refractivity contribution in [1.82, 2.24) is 34.1 Å². The van der Waals surface area contributed by atoms with Gasteiger partial charge in [-0.1, -0.05) is 11.6 Å². The zero-order valence-electron chi connectivity index (χ0n) is 16.6. The van der Waals surface area contributed by atoms with Crippen molar-refractivity contribution >= 4 is 56.1 Å². The van der Waals surface area contributed by atoms with Crippen molar-refractivity contribution in [2.75, 3.05) is 49.3 Å². The normalized spacial score (nSPS) is 15.3. The third-order valence-electron chi connectivity index (χ3n) is 5.33. The van der Waals surface area contributed by atoms with Crippen LogP contribution in [0.5, 0.6) is 0 Å². The first-order valence-electron chi connectivity index (χ1n) is 9.61. The highest BCUT2D eigenvalue weighted by Gasteiger charge is 2.21. The molecule has 0 saturated carbocycles. The molecule has 1 aliphatic heterocycles. The number of rotatable bonds is 4. The van der Waals surface area contributed by atoms with Crippen LogP contribution in [-0.4, -0.2) is 67.4 Å². The number of fused-ring (bicyclic) bond motifs is 2. The summed E-state index contributed by atoms with van der Waals surface area (Å²) in [6.45, 7) is 3.73. The van der Waals surface area contributed by atoms with Crippen molar-refractivity contribution in [3.05, 3.63) is 39.5 Å². The lowest BCUT2D eigenvalue weighted by Crippen LogP contribution is -2.45. The molecule has 0 atom stereocenters. The summed E-state index contributed by atoms with van der Waals surface area (Å²) >= 11 is 9.36. The lowest BCUT2D eigenvalue weighted by molar-refractivity contribution is 0.311. The summed E-state index contributed by atoms with van der Waals surface area (Å²) in [7, 11) is 2.09. The number of anilines is 2. The van der Waals surface area contributed by atoms with Crippen LogP contribution in [0.15, 0.2) is 22.8 Å². The van der Waals surface area contributed by atoms with E-state index in [9.17, 15) is 4.39 Å². The molecule has 31 heavy (non-hydrogen) atoms. The minimum absolute atomic E-state index is 0.000766. The number of nitrogens with one attached hydrogen (secondary N) is 1. The van der Waals surface area contributed by atoms with Gasteiger partial charge in [0.15, 0.2) is 11.5 Å². The Morgan fingerprint density at radius 1 is 1.19 bits per heavy atom. The molecule has 1 saturated heterocycles. The summed E-state index contributed by atoms with van der Waals surface area (Å²) in [4.78, 5) is 18.1. The maximum absolute atomic E-state index is 14.3. The maximum Gasteiger partial charge on any atom is 0.230 e. The number of hydrogen-bond donors (Lipinski definition) is 2. The van der Waals surface area contributed by atoms with Crippen LogP contribution in [0.2, 0.25) is 5.02 Å². The maximum atomic E-state index is 14.3. The predicted molar refractivity (Wildman–Crippen MR) is 120 cm³/mol. The van der Waals surface area contributed by atoms with Crippen LogP contribution in [-0.2, 0) is 6.54 Å². The van der Waals surface area contributed by atoms with Crippen molar-refractivity contribution < 1.29 is 4.39 Å². The van der Waals surface area contributed by atoms with Crippen molar-refractivity contribution in [1.29, 1.82) is 0 Å². The first kappa shape index (κ1) is 20.2. The van der Waals surface area contributed by atoms with Gasteiger partial charge in [-0.2, -0.15) is 19.6 Å². The fourth-order valence-electron chi connectivity index (χ4n) is 3.54. The molecule has 1 fully saturated rings. The van der Waals surface area contributed by atoms with Gasteiger partial charge in [-0.05, 0) is 35.1 Å². The largest absolute Gasteiger partial charge is 0.347 e. The number of benzene rings is 1. The van der Waals surface area contributed by atoms with Crippen molar-refractivity contribution in [3.63, 3.8) is 0 Å². The monoisotopic (exact) mass is 508 g/mol. The topological polar surface area (TPSA) is 105 Å². The summed E-state index contributed by atoms with van der Waals surface area (Å²) in [6.07, 6.45) is 1.67. The standard InChI is InChI=1S/C18H19BrClFN10/c1-28-4-6-29(7-5-28)18-26-16-10(19)8-24-31(16)17(27-18)23-9-13-25-15-12(30(13)22)3-2-11(20)14(15)21/h2-3,8H,4-7,9,22H2,1H3,(H,23,26,27). The van der Waals surface area contributed by atoms with Crippen LogP contribution in [0.25, 0.3) is 16.7 Å². The van der Waals surface area contributed by atoms with E-state index in [-0.39, 0.29) is 17.1 Å². The van der Waals surface area contributed by atoms with Crippen LogP contribution >= 0.6 is 27.5 Å². The molecule has 1 aromatic carbocycles. The minimum atomic E-state index is -0.595. The fraction of sp³-hybridized carbons (Fsp3) is 0.333. The Bertz CT molecular complexity index is 1280. The molecule has 0 radical (unpaired) electrons. The van der Waals surface area contributed by atoms with Crippen LogP contribution < -0.4 is 16.1 Å². The summed E-state index contributed by atoms with van der Waals surface area (Å²) in [5, 5.41) is 7.55. The number of aromatic nitrogens is 6. The second-order valence-corrected chi connectivity index (χ2v) is 8.61. The Labute approximate surface area is 189 Å². The number of nitrogen functional groups attached to an aromatic ring is 1. The van der Waals surface area contributed by atoms with Gasteiger partial charge < -0.3 is 21.0 Å². The van der Waals surface area contributed by atoms with Crippen molar-refractivity contribution in [2.24, 2.45) is 0 Å². The van der Waals surface area contributed by atoms with Gasteiger partial charge in [0.2, 0.25) is 11.9 Å². The third kappa shape index (κ3) is 3.54. The SMILES string of the molecule is CN1CCN(c2nc(NCc3nc4c(F)c(Cl)ccc4n3N)n3ncc(Br)c3n2)CC1. The van der Waals surface area contributed by atoms with Gasteiger partial charge in [0, 0.05) is 26.2 Å². The number of imidazole rings is 1. The Morgan fingerprint density at radius 3 is 2.74 bits per heavy atom. The summed E-state index contributed by atoms with van der Waals surface area (Å²) in [5.41, 5.74) is 1.22. The summed E-state index contributed by atoms with van der Waals surface area (Å²) in [5.74, 6) is 7.05. The van der Waals surface area contributed by atoms with Gasteiger partial charge >= 0.3 is 0 Å². The Morgan fingerprint density at radius 2 is 1.97 bits per heavy atom. The van der Waals surface area contributed by atoms with Gasteiger partial charge in [0.25, 0.3) is 0 Å². The van der Waals surface area contributed by atoms with Gasteiger partial charge in [-0.15, -0.1) is 0 Å². The number of nitrogens with two attached hydrogens (primary N) is 1. The molecule has 4 aromatic rings. The van der Waals surface area contributed by atoms with Gasteiger partial charge in [-0.25, -0.2) is 14.1 Å². The van der Waals surface area contributed by atoms with E-state index in [1.807, 2.05) is 0 Å². The molecule has 0 bridgehead atoms. The number of nitrogens with zero attached hydrogens (tertiary/aromatic N) is 8. The van der Waals surface area contributed by atoms with E-state index in [0.717, 1.165) is 30.7 Å². The van der Waals surface area contributed by atoms with Gasteiger partial charge in [0.1, 0.15) is 11.3 Å². The molecule has 0 unspecified atom stereocenters. The molecule has 3 aromatic heterocycles. The molecule has 162 valence electrons. The van der Waals surface area contributed by atoms with E-state index in [2.05, 4.69) is 58.1 Å². The van der Waals surface area contributed by atoms with Crippen LogP contribution in [0, 0.1) is 5.82 Å². The highest BCUT2D eigenvalue weighted by Crippen LogP contribution is 2.25. The van der Waals surface area contributed by atoms with E-state index in [1.54, 1.807) is 16.8 Å². The van der Waals surface area contributed by atoms with Crippen LogP contribution in [0.1, 0.15) is 5.82 Å². The molecule has 4 heterocycles. The second kappa shape index (κ2) is 7.77. The van der Waals surface area contributed by atoms with Crippen molar-refractivity contribution in [2.45, 2.75) is 6.54 Å². The molecule has 13 heteroatoms. The first-order chi connectivity index (χ1) is 14.9. The zero-order chi connectivity index (χ0) is 21.7. The first-order valence-corrected chi connectivity index (χ1v) is 10.8. The lowest BCUT2D eigenvalue weighted by Gasteiger charge is -2.32. The Kier molecular flexibility index (Phi) is 5.07.